The Hall–Kier alpha value is -2.99. The Labute approximate surface area is 175 Å². The highest BCUT2D eigenvalue weighted by Gasteiger charge is 2.67. The first-order chi connectivity index (χ1) is 14.5. The fourth-order valence-electron chi connectivity index (χ4n) is 4.87. The molecule has 0 radical (unpaired) electrons. The number of carbonyl (C=O) groups excluding carboxylic acids is 2. The van der Waals surface area contributed by atoms with Gasteiger partial charge in [-0.15, -0.1) is 0 Å². The standard InChI is InChI=1S/C24H25N3O3/c1-15(2)17-5-7-18(8-6-17)27-14-24-10-9-19(30-24)20(21(24)23(27)29)22(28)26-13-16-4-3-11-25-12-16/h3-12,15,19-21H,13-14H2,1-2H3,(H,26,28)/t19-,20?,21?,24-/m1/s1. The van der Waals surface area contributed by atoms with Crippen LogP contribution in [0.1, 0.15) is 30.9 Å². The van der Waals surface area contributed by atoms with Gasteiger partial charge in [-0.1, -0.05) is 44.2 Å². The summed E-state index contributed by atoms with van der Waals surface area (Å²) in [5.41, 5.74) is 2.29. The molecule has 2 bridgehead atoms. The lowest BCUT2D eigenvalue weighted by atomic mass is 9.77. The molecule has 1 aromatic carbocycles. The molecule has 1 spiro atoms. The predicted molar refractivity (Wildman–Crippen MR) is 113 cm³/mol. The van der Waals surface area contributed by atoms with Crippen LogP contribution in [0.15, 0.2) is 60.9 Å². The molecule has 6 nitrogen and oxygen atoms in total. The fourth-order valence-corrected chi connectivity index (χ4v) is 4.87. The van der Waals surface area contributed by atoms with Crippen molar-refractivity contribution in [2.75, 3.05) is 11.4 Å². The third-order valence-electron chi connectivity index (χ3n) is 6.46. The first-order valence-electron chi connectivity index (χ1n) is 10.4. The Kier molecular flexibility index (Phi) is 4.47. The Morgan fingerprint density at radius 3 is 2.80 bits per heavy atom. The number of rotatable bonds is 5. The molecule has 2 saturated heterocycles. The second-order valence-corrected chi connectivity index (χ2v) is 8.65. The van der Waals surface area contributed by atoms with E-state index in [2.05, 4.69) is 36.3 Å². The molecule has 2 unspecified atom stereocenters. The van der Waals surface area contributed by atoms with Crippen LogP contribution in [0.25, 0.3) is 0 Å². The largest absolute Gasteiger partial charge is 0.360 e. The number of pyridine rings is 1. The predicted octanol–water partition coefficient (Wildman–Crippen LogP) is 2.81. The molecular weight excluding hydrogens is 378 g/mol. The number of nitrogens with zero attached hydrogens (tertiary/aromatic N) is 2. The summed E-state index contributed by atoms with van der Waals surface area (Å²) in [4.78, 5) is 32.3. The summed E-state index contributed by atoms with van der Waals surface area (Å²) in [6.45, 7) is 5.11. The number of carbonyl (C=O) groups is 2. The summed E-state index contributed by atoms with van der Waals surface area (Å²) < 4.78 is 6.21. The summed E-state index contributed by atoms with van der Waals surface area (Å²) in [5, 5.41) is 2.97. The first kappa shape index (κ1) is 19.0. The van der Waals surface area contributed by atoms with Crippen LogP contribution in [-0.2, 0) is 20.9 Å². The van der Waals surface area contributed by atoms with Crippen LogP contribution in [0.3, 0.4) is 0 Å². The molecule has 3 aliphatic heterocycles. The van der Waals surface area contributed by atoms with Gasteiger partial charge in [0, 0.05) is 24.6 Å². The smallest absolute Gasteiger partial charge is 0.234 e. The normalized spacial score (nSPS) is 29.0. The van der Waals surface area contributed by atoms with E-state index in [0.29, 0.717) is 19.0 Å². The van der Waals surface area contributed by atoms with Gasteiger partial charge in [-0.2, -0.15) is 0 Å². The molecule has 4 atom stereocenters. The Balaban J connectivity index is 1.36. The Morgan fingerprint density at radius 1 is 1.30 bits per heavy atom. The molecule has 2 aromatic rings. The summed E-state index contributed by atoms with van der Waals surface area (Å²) in [7, 11) is 0. The third kappa shape index (κ3) is 2.94. The number of ether oxygens (including phenoxy) is 1. The summed E-state index contributed by atoms with van der Waals surface area (Å²) >= 11 is 0. The van der Waals surface area contributed by atoms with Crippen LogP contribution in [0.5, 0.6) is 0 Å². The van der Waals surface area contributed by atoms with Gasteiger partial charge in [0.1, 0.15) is 5.60 Å². The van der Waals surface area contributed by atoms with Crippen LogP contribution in [0, 0.1) is 11.8 Å². The van der Waals surface area contributed by atoms with E-state index in [1.165, 1.54) is 5.56 Å². The average Bonchev–Trinajstić information content (AvgIpc) is 3.41. The third-order valence-corrected chi connectivity index (χ3v) is 6.46. The highest BCUT2D eigenvalue weighted by molar-refractivity contribution is 6.03. The maximum atomic E-state index is 13.4. The Morgan fingerprint density at radius 2 is 2.10 bits per heavy atom. The number of benzene rings is 1. The molecule has 3 aliphatic rings. The molecule has 5 rings (SSSR count). The summed E-state index contributed by atoms with van der Waals surface area (Å²) in [6, 6.07) is 11.8. The van der Waals surface area contributed by atoms with Crippen LogP contribution in [0.4, 0.5) is 5.69 Å². The fraction of sp³-hybridized carbons (Fsp3) is 0.375. The number of aromatic nitrogens is 1. The first-order valence-corrected chi connectivity index (χ1v) is 10.4. The zero-order chi connectivity index (χ0) is 20.9. The topological polar surface area (TPSA) is 71.5 Å². The molecule has 1 N–H and O–H groups in total. The lowest BCUT2D eigenvalue weighted by Crippen LogP contribution is -2.44. The van der Waals surface area contributed by atoms with Crippen molar-refractivity contribution in [1.82, 2.24) is 10.3 Å². The van der Waals surface area contributed by atoms with Gasteiger partial charge in [-0.05, 0) is 35.2 Å². The van der Waals surface area contributed by atoms with Gasteiger partial charge < -0.3 is 15.0 Å². The van der Waals surface area contributed by atoms with Crippen LogP contribution in [0.2, 0.25) is 0 Å². The van der Waals surface area contributed by atoms with Crippen molar-refractivity contribution in [2.24, 2.45) is 11.8 Å². The van der Waals surface area contributed by atoms with E-state index in [9.17, 15) is 9.59 Å². The average molecular weight is 403 g/mol. The number of amides is 2. The van der Waals surface area contributed by atoms with Gasteiger partial charge in [-0.25, -0.2) is 0 Å². The summed E-state index contributed by atoms with van der Waals surface area (Å²) in [5.74, 6) is -0.766. The van der Waals surface area contributed by atoms with E-state index in [4.69, 9.17) is 4.74 Å². The Bertz CT molecular complexity index is 1000. The minimum Gasteiger partial charge on any atom is -0.360 e. The maximum absolute atomic E-state index is 13.4. The summed E-state index contributed by atoms with van der Waals surface area (Å²) in [6.07, 6.45) is 6.99. The van der Waals surface area contributed by atoms with Crippen molar-refractivity contribution in [2.45, 2.75) is 38.0 Å². The minimum atomic E-state index is -0.714. The van der Waals surface area contributed by atoms with Crippen molar-refractivity contribution < 1.29 is 14.3 Å². The van der Waals surface area contributed by atoms with Crippen molar-refractivity contribution in [1.29, 1.82) is 0 Å². The molecule has 0 aliphatic carbocycles. The molecule has 30 heavy (non-hydrogen) atoms. The van der Waals surface area contributed by atoms with E-state index < -0.39 is 17.4 Å². The lowest BCUT2D eigenvalue weighted by molar-refractivity contribution is -0.132. The maximum Gasteiger partial charge on any atom is 0.234 e. The highest BCUT2D eigenvalue weighted by Crippen LogP contribution is 2.52. The van der Waals surface area contributed by atoms with Crippen LogP contribution in [-0.4, -0.2) is 35.0 Å². The van der Waals surface area contributed by atoms with Crippen molar-refractivity contribution in [3.8, 4) is 0 Å². The number of nitrogens with one attached hydrogen (secondary N) is 1. The number of hydrogen-bond donors (Lipinski definition) is 1. The zero-order valence-electron chi connectivity index (χ0n) is 17.1. The van der Waals surface area contributed by atoms with Gasteiger partial charge in [0.25, 0.3) is 0 Å². The van der Waals surface area contributed by atoms with Gasteiger partial charge in [0.2, 0.25) is 11.8 Å². The van der Waals surface area contributed by atoms with Gasteiger partial charge in [-0.3, -0.25) is 14.6 Å². The van der Waals surface area contributed by atoms with Crippen molar-refractivity contribution in [3.63, 3.8) is 0 Å². The molecule has 2 amide bonds. The van der Waals surface area contributed by atoms with E-state index in [1.807, 2.05) is 36.4 Å². The van der Waals surface area contributed by atoms with Gasteiger partial charge in [0.05, 0.1) is 24.5 Å². The van der Waals surface area contributed by atoms with Gasteiger partial charge >= 0.3 is 0 Å². The number of hydrogen-bond acceptors (Lipinski definition) is 4. The van der Waals surface area contributed by atoms with E-state index in [1.54, 1.807) is 17.3 Å². The molecule has 154 valence electrons. The minimum absolute atomic E-state index is 0.0410. The van der Waals surface area contributed by atoms with Crippen molar-refractivity contribution >= 4 is 17.5 Å². The van der Waals surface area contributed by atoms with Crippen LogP contribution < -0.4 is 10.2 Å². The molecule has 4 heterocycles. The second-order valence-electron chi connectivity index (χ2n) is 8.65. The molecule has 6 heteroatoms. The van der Waals surface area contributed by atoms with E-state index in [0.717, 1.165) is 11.3 Å². The number of fused-ring (bicyclic) bond motifs is 1. The molecule has 2 fully saturated rings. The lowest BCUT2D eigenvalue weighted by Gasteiger charge is -2.23. The quantitative estimate of drug-likeness (QED) is 0.780. The molecule has 0 saturated carbocycles. The monoisotopic (exact) mass is 403 g/mol. The van der Waals surface area contributed by atoms with E-state index >= 15 is 0 Å². The molecular formula is C24H25N3O3. The van der Waals surface area contributed by atoms with Crippen molar-refractivity contribution in [3.05, 3.63) is 72.1 Å². The SMILES string of the molecule is CC(C)c1ccc(N2C[C@@]34C=C[C@@H](O3)C(C(=O)NCc3cccnc3)C4C2=O)cc1. The second kappa shape index (κ2) is 7.06. The molecule has 1 aromatic heterocycles. The van der Waals surface area contributed by atoms with Gasteiger partial charge in [0.15, 0.2) is 0 Å². The van der Waals surface area contributed by atoms with Crippen LogP contribution >= 0.6 is 0 Å². The highest BCUT2D eigenvalue weighted by atomic mass is 16.5. The van der Waals surface area contributed by atoms with E-state index in [-0.39, 0.29) is 17.9 Å². The number of anilines is 1. The zero-order valence-corrected chi connectivity index (χ0v) is 17.1.